The predicted octanol–water partition coefficient (Wildman–Crippen LogP) is 3.75. The number of nitriles is 1. The average Bonchev–Trinajstić information content (AvgIpc) is 2.68. The highest BCUT2D eigenvalue weighted by Gasteiger charge is 2.21. The van der Waals surface area contributed by atoms with Crippen molar-refractivity contribution in [1.29, 1.82) is 5.26 Å². The van der Waals surface area contributed by atoms with E-state index in [1.165, 1.54) is 18.2 Å². The zero-order chi connectivity index (χ0) is 15.5. The SMILES string of the molecule is N#Cc1ccc(C=C2CCOc3ccc(F)cc3C2=O)cc1. The molecule has 0 saturated carbocycles. The molecule has 0 spiro atoms. The van der Waals surface area contributed by atoms with Gasteiger partial charge in [0, 0.05) is 12.0 Å². The lowest BCUT2D eigenvalue weighted by atomic mass is 9.98. The molecule has 0 radical (unpaired) electrons. The number of hydrogen-bond donors (Lipinski definition) is 0. The van der Waals surface area contributed by atoms with Crippen molar-refractivity contribution in [2.24, 2.45) is 0 Å². The van der Waals surface area contributed by atoms with E-state index in [9.17, 15) is 9.18 Å². The van der Waals surface area contributed by atoms with Gasteiger partial charge in [0.15, 0.2) is 5.78 Å². The van der Waals surface area contributed by atoms with Crippen LogP contribution in [0.2, 0.25) is 0 Å². The van der Waals surface area contributed by atoms with Crippen LogP contribution in [0, 0.1) is 17.1 Å². The van der Waals surface area contributed by atoms with E-state index in [-0.39, 0.29) is 11.3 Å². The minimum Gasteiger partial charge on any atom is -0.492 e. The fourth-order valence-corrected chi connectivity index (χ4v) is 2.36. The van der Waals surface area contributed by atoms with Crippen molar-refractivity contribution in [1.82, 2.24) is 0 Å². The van der Waals surface area contributed by atoms with Crippen molar-refractivity contribution in [3.05, 3.63) is 70.5 Å². The summed E-state index contributed by atoms with van der Waals surface area (Å²) in [4.78, 5) is 12.5. The highest BCUT2D eigenvalue weighted by molar-refractivity contribution is 6.13. The van der Waals surface area contributed by atoms with Gasteiger partial charge in [-0.05, 0) is 42.0 Å². The smallest absolute Gasteiger partial charge is 0.192 e. The van der Waals surface area contributed by atoms with E-state index in [0.717, 1.165) is 5.56 Å². The number of carbonyl (C=O) groups is 1. The summed E-state index contributed by atoms with van der Waals surface area (Å²) in [5.74, 6) is -0.277. The lowest BCUT2D eigenvalue weighted by molar-refractivity contribution is 0.103. The molecule has 0 N–H and O–H groups in total. The number of benzene rings is 2. The van der Waals surface area contributed by atoms with Crippen molar-refractivity contribution >= 4 is 11.9 Å². The van der Waals surface area contributed by atoms with Crippen molar-refractivity contribution < 1.29 is 13.9 Å². The lowest BCUT2D eigenvalue weighted by Gasteiger charge is -2.05. The molecule has 1 aliphatic heterocycles. The highest BCUT2D eigenvalue weighted by atomic mass is 19.1. The number of Topliss-reactive ketones (excluding diaryl/α,β-unsaturated/α-hetero) is 1. The molecule has 0 bridgehead atoms. The summed E-state index contributed by atoms with van der Waals surface area (Å²) in [6.45, 7) is 0.368. The van der Waals surface area contributed by atoms with Gasteiger partial charge < -0.3 is 4.74 Å². The Morgan fingerprint density at radius 2 is 1.95 bits per heavy atom. The number of ether oxygens (including phenoxy) is 1. The van der Waals surface area contributed by atoms with E-state index in [1.54, 1.807) is 30.3 Å². The van der Waals surface area contributed by atoms with Crippen LogP contribution in [0.25, 0.3) is 6.08 Å². The molecular weight excluding hydrogens is 281 g/mol. The number of halogens is 1. The number of fused-ring (bicyclic) bond motifs is 1. The monoisotopic (exact) mass is 293 g/mol. The molecule has 0 amide bonds. The van der Waals surface area contributed by atoms with Crippen molar-refractivity contribution in [2.45, 2.75) is 6.42 Å². The molecule has 3 nitrogen and oxygen atoms in total. The van der Waals surface area contributed by atoms with Crippen LogP contribution >= 0.6 is 0 Å². The third-order valence-electron chi connectivity index (χ3n) is 3.49. The molecule has 2 aromatic rings. The summed E-state index contributed by atoms with van der Waals surface area (Å²) in [6.07, 6.45) is 2.21. The molecule has 108 valence electrons. The zero-order valence-electron chi connectivity index (χ0n) is 11.7. The summed E-state index contributed by atoms with van der Waals surface area (Å²) in [5, 5.41) is 8.79. The van der Waals surface area contributed by atoms with E-state index in [2.05, 4.69) is 0 Å². The van der Waals surface area contributed by atoms with Crippen LogP contribution in [-0.4, -0.2) is 12.4 Å². The Balaban J connectivity index is 1.98. The van der Waals surface area contributed by atoms with Gasteiger partial charge in [-0.2, -0.15) is 5.26 Å². The minimum atomic E-state index is -0.463. The van der Waals surface area contributed by atoms with E-state index < -0.39 is 5.82 Å². The van der Waals surface area contributed by atoms with Crippen LogP contribution in [0.3, 0.4) is 0 Å². The number of ketones is 1. The average molecular weight is 293 g/mol. The largest absolute Gasteiger partial charge is 0.492 e. The van der Waals surface area contributed by atoms with Gasteiger partial charge >= 0.3 is 0 Å². The quantitative estimate of drug-likeness (QED) is 0.752. The maximum Gasteiger partial charge on any atom is 0.192 e. The normalized spacial score (nSPS) is 15.6. The molecule has 1 heterocycles. The highest BCUT2D eigenvalue weighted by Crippen LogP contribution is 2.28. The van der Waals surface area contributed by atoms with Crippen LogP contribution in [0.1, 0.15) is 27.9 Å². The predicted molar refractivity (Wildman–Crippen MR) is 80.0 cm³/mol. The van der Waals surface area contributed by atoms with Crippen LogP contribution in [0.5, 0.6) is 5.75 Å². The number of carbonyl (C=O) groups excluding carboxylic acids is 1. The molecule has 0 saturated heterocycles. The zero-order valence-corrected chi connectivity index (χ0v) is 11.7. The van der Waals surface area contributed by atoms with Gasteiger partial charge in [0.1, 0.15) is 11.6 Å². The molecule has 0 aromatic heterocycles. The second kappa shape index (κ2) is 5.82. The Morgan fingerprint density at radius 1 is 1.18 bits per heavy atom. The van der Waals surface area contributed by atoms with Crippen LogP contribution < -0.4 is 4.74 Å². The first-order chi connectivity index (χ1) is 10.7. The summed E-state index contributed by atoms with van der Waals surface area (Å²) in [6, 6.07) is 12.9. The summed E-state index contributed by atoms with van der Waals surface area (Å²) < 4.78 is 18.9. The number of nitrogens with zero attached hydrogens (tertiary/aromatic N) is 1. The summed E-state index contributed by atoms with van der Waals surface area (Å²) in [7, 11) is 0. The number of rotatable bonds is 1. The maximum atomic E-state index is 13.4. The molecule has 1 aliphatic rings. The van der Waals surface area contributed by atoms with E-state index in [0.29, 0.717) is 29.9 Å². The van der Waals surface area contributed by atoms with Gasteiger partial charge in [0.25, 0.3) is 0 Å². The van der Waals surface area contributed by atoms with Crippen molar-refractivity contribution in [2.75, 3.05) is 6.61 Å². The fourth-order valence-electron chi connectivity index (χ4n) is 2.36. The first-order valence-electron chi connectivity index (χ1n) is 6.85. The standard InChI is InChI=1S/C18H12FNO2/c19-15-5-6-17-16(10-15)18(21)14(7-8-22-17)9-12-1-3-13(11-20)4-2-12/h1-6,9-10H,7-8H2. The Morgan fingerprint density at radius 3 is 2.68 bits per heavy atom. The number of hydrogen-bond acceptors (Lipinski definition) is 3. The molecule has 3 rings (SSSR count). The lowest BCUT2D eigenvalue weighted by Crippen LogP contribution is -2.02. The van der Waals surface area contributed by atoms with E-state index in [1.807, 2.05) is 6.07 Å². The third-order valence-corrected chi connectivity index (χ3v) is 3.49. The van der Waals surface area contributed by atoms with Crippen LogP contribution in [0.4, 0.5) is 4.39 Å². The molecule has 4 heteroatoms. The summed E-state index contributed by atoms with van der Waals surface area (Å²) >= 11 is 0. The first kappa shape index (κ1) is 14.0. The Bertz CT molecular complexity index is 801. The van der Waals surface area contributed by atoms with Gasteiger partial charge in [-0.15, -0.1) is 0 Å². The Kier molecular flexibility index (Phi) is 3.71. The second-order valence-corrected chi connectivity index (χ2v) is 4.97. The summed E-state index contributed by atoms with van der Waals surface area (Å²) in [5.41, 5.74) is 2.19. The Labute approximate surface area is 127 Å². The molecule has 0 atom stereocenters. The Hall–Kier alpha value is -2.93. The molecular formula is C18H12FNO2. The van der Waals surface area contributed by atoms with Gasteiger partial charge in [0.05, 0.1) is 23.8 Å². The van der Waals surface area contributed by atoms with Crippen LogP contribution in [-0.2, 0) is 0 Å². The van der Waals surface area contributed by atoms with Gasteiger partial charge in [-0.3, -0.25) is 4.79 Å². The topological polar surface area (TPSA) is 50.1 Å². The van der Waals surface area contributed by atoms with Crippen molar-refractivity contribution in [3.63, 3.8) is 0 Å². The minimum absolute atomic E-state index is 0.226. The molecule has 0 fully saturated rings. The fraction of sp³-hybridized carbons (Fsp3) is 0.111. The first-order valence-corrected chi connectivity index (χ1v) is 6.85. The van der Waals surface area contributed by atoms with Crippen molar-refractivity contribution in [3.8, 4) is 11.8 Å². The third kappa shape index (κ3) is 2.75. The second-order valence-electron chi connectivity index (χ2n) is 4.97. The molecule has 0 unspecified atom stereocenters. The van der Waals surface area contributed by atoms with Crippen LogP contribution in [0.15, 0.2) is 48.0 Å². The molecule has 2 aromatic carbocycles. The van der Waals surface area contributed by atoms with Gasteiger partial charge in [-0.25, -0.2) is 4.39 Å². The molecule has 0 aliphatic carbocycles. The van der Waals surface area contributed by atoms with Gasteiger partial charge in [-0.1, -0.05) is 12.1 Å². The molecule has 22 heavy (non-hydrogen) atoms. The maximum absolute atomic E-state index is 13.4. The van der Waals surface area contributed by atoms with E-state index >= 15 is 0 Å². The van der Waals surface area contributed by atoms with Gasteiger partial charge in [0.2, 0.25) is 0 Å². The van der Waals surface area contributed by atoms with E-state index in [4.69, 9.17) is 10.00 Å².